The van der Waals surface area contributed by atoms with E-state index in [1.807, 2.05) is 0 Å². The first-order valence-electron chi connectivity index (χ1n) is 9.51. The van der Waals surface area contributed by atoms with Crippen LogP contribution in [0.2, 0.25) is 0 Å². The lowest BCUT2D eigenvalue weighted by Crippen LogP contribution is -2.31. The number of hydrogen-bond donors (Lipinski definition) is 5. The molecule has 172 valence electrons. The smallest absolute Gasteiger partial charge is 0.335 e. The summed E-state index contributed by atoms with van der Waals surface area (Å²) < 4.78 is 68.4. The summed E-state index contributed by atoms with van der Waals surface area (Å²) in [5, 5.41) is 17.8. The number of aromatic carboxylic acids is 1. The molecule has 2 aromatic rings. The van der Waals surface area contributed by atoms with Gasteiger partial charge in [-0.25, -0.2) is 4.79 Å². The van der Waals surface area contributed by atoms with Gasteiger partial charge in [0.15, 0.2) is 0 Å². The van der Waals surface area contributed by atoms with Gasteiger partial charge in [-0.2, -0.15) is 16.8 Å². The van der Waals surface area contributed by atoms with E-state index in [2.05, 4.69) is 0 Å². The van der Waals surface area contributed by atoms with Crippen molar-refractivity contribution in [1.82, 2.24) is 0 Å². The summed E-state index contributed by atoms with van der Waals surface area (Å²) in [5.74, 6) is -2.98. The highest BCUT2D eigenvalue weighted by molar-refractivity contribution is 7.91. The summed E-state index contributed by atoms with van der Waals surface area (Å²) >= 11 is 0. The van der Waals surface area contributed by atoms with Gasteiger partial charge in [0.05, 0.1) is 17.0 Å². The number of benzene rings is 2. The van der Waals surface area contributed by atoms with Crippen molar-refractivity contribution in [1.29, 1.82) is 5.41 Å². The van der Waals surface area contributed by atoms with Gasteiger partial charge in [-0.3, -0.25) is 14.5 Å². The number of hydrogen-bond acceptors (Lipinski definition) is 7. The highest BCUT2D eigenvalue weighted by Gasteiger charge is 2.42. The number of nitrogens with one attached hydrogen (secondary N) is 1. The molecule has 6 N–H and O–H groups in total. The maximum atomic E-state index is 12.2. The van der Waals surface area contributed by atoms with Crippen LogP contribution in [0.4, 0.5) is 5.69 Å². The molecule has 2 atom stereocenters. The zero-order valence-corrected chi connectivity index (χ0v) is 18.4. The molecule has 10 nitrogen and oxygen atoms in total. The van der Waals surface area contributed by atoms with Crippen molar-refractivity contribution in [2.24, 2.45) is 5.92 Å². The summed E-state index contributed by atoms with van der Waals surface area (Å²) in [7, 11) is -9.75. The van der Waals surface area contributed by atoms with Gasteiger partial charge in [-0.05, 0) is 46.9 Å². The zero-order valence-electron chi connectivity index (χ0n) is 16.8. The van der Waals surface area contributed by atoms with Crippen molar-refractivity contribution >= 4 is 37.6 Å². The molecular formula is C21H18N2O8S2. The molecule has 0 saturated heterocycles. The van der Waals surface area contributed by atoms with E-state index in [9.17, 15) is 35.8 Å². The van der Waals surface area contributed by atoms with Gasteiger partial charge >= 0.3 is 5.97 Å². The number of nitrogen functional groups attached to an aromatic ring is 1. The fourth-order valence-corrected chi connectivity index (χ4v) is 6.43. The molecular weight excluding hydrogens is 472 g/mol. The van der Waals surface area contributed by atoms with E-state index in [1.54, 1.807) is 6.07 Å². The molecule has 0 radical (unpaired) electrons. The lowest BCUT2D eigenvalue weighted by atomic mass is 9.67. The fourth-order valence-electron chi connectivity index (χ4n) is 4.68. The Morgan fingerprint density at radius 3 is 2.27 bits per heavy atom. The summed E-state index contributed by atoms with van der Waals surface area (Å²) in [5.41, 5.74) is 5.51. The maximum absolute atomic E-state index is 12.2. The number of rotatable bonds is 4. The predicted octanol–water partition coefficient (Wildman–Crippen LogP) is 2.25. The quantitative estimate of drug-likeness (QED) is 0.315. The van der Waals surface area contributed by atoms with Gasteiger partial charge in [0.2, 0.25) is 0 Å². The minimum absolute atomic E-state index is 0.00167. The Balaban J connectivity index is 2.17. The topological polar surface area (TPSA) is 196 Å². The van der Waals surface area contributed by atoms with Crippen molar-refractivity contribution in [3.8, 4) is 0 Å². The molecule has 4 rings (SSSR count). The molecule has 2 unspecified atom stereocenters. The predicted molar refractivity (Wildman–Crippen MR) is 119 cm³/mol. The monoisotopic (exact) mass is 490 g/mol. The van der Waals surface area contributed by atoms with Crippen LogP contribution in [-0.4, -0.2) is 42.7 Å². The highest BCUT2D eigenvalue weighted by atomic mass is 32.2. The van der Waals surface area contributed by atoms with E-state index in [0.717, 1.165) is 0 Å². The Labute approximate surface area is 189 Å². The van der Waals surface area contributed by atoms with Crippen molar-refractivity contribution in [3.05, 3.63) is 81.3 Å². The largest absolute Gasteiger partial charge is 0.478 e. The zero-order chi connectivity index (χ0) is 24.3. The standard InChI is InChI=1S/C21H18N2O8S2/c22-16-7-5-11-14(19(16)32(26,27)28)9-15-12(6-8-17(23)20(15)33(29,30)31)18(11)10-3-1-2-4-13(10)21(24)25/h1-8,11,18,22H,9,23H2,(H,24,25)(H,26,27,28)(H,29,30,31). The van der Waals surface area contributed by atoms with E-state index in [4.69, 9.17) is 11.1 Å². The van der Waals surface area contributed by atoms with Crippen LogP contribution >= 0.6 is 0 Å². The first-order chi connectivity index (χ1) is 15.3. The molecule has 12 heteroatoms. The van der Waals surface area contributed by atoms with Crippen molar-refractivity contribution < 1.29 is 35.8 Å². The van der Waals surface area contributed by atoms with E-state index < -0.39 is 53.6 Å². The second kappa shape index (κ2) is 7.63. The lowest BCUT2D eigenvalue weighted by Gasteiger charge is -2.38. The average molecular weight is 491 g/mol. The van der Waals surface area contributed by atoms with Crippen molar-refractivity contribution in [3.63, 3.8) is 0 Å². The van der Waals surface area contributed by atoms with Gasteiger partial charge in [0.1, 0.15) is 9.80 Å². The molecule has 2 aliphatic rings. The molecule has 2 aromatic carbocycles. The van der Waals surface area contributed by atoms with E-state index >= 15 is 0 Å². The number of carbonyl (C=O) groups is 1. The lowest BCUT2D eigenvalue weighted by molar-refractivity contribution is 0.0695. The molecule has 0 aromatic heterocycles. The van der Waals surface area contributed by atoms with E-state index in [1.165, 1.54) is 42.5 Å². The van der Waals surface area contributed by atoms with Crippen LogP contribution in [0, 0.1) is 11.3 Å². The molecule has 0 amide bonds. The number of fused-ring (bicyclic) bond motifs is 2. The number of carboxylic acid groups (broad SMARTS) is 1. The fraction of sp³-hybridized carbons (Fsp3) is 0.143. The van der Waals surface area contributed by atoms with Crippen molar-refractivity contribution in [2.75, 3.05) is 5.73 Å². The summed E-state index contributed by atoms with van der Waals surface area (Å²) in [4.78, 5) is 10.6. The third-order valence-corrected chi connectivity index (χ3v) is 7.84. The molecule has 2 aliphatic carbocycles. The Kier molecular flexibility index (Phi) is 5.28. The van der Waals surface area contributed by atoms with Gasteiger partial charge < -0.3 is 10.8 Å². The van der Waals surface area contributed by atoms with Crippen LogP contribution in [0.1, 0.15) is 33.0 Å². The molecule has 0 bridgehead atoms. The summed E-state index contributed by atoms with van der Waals surface area (Å²) in [6, 6.07) is 8.74. The van der Waals surface area contributed by atoms with Crippen molar-refractivity contribution in [2.45, 2.75) is 17.2 Å². The third-order valence-electron chi connectivity index (χ3n) is 5.84. The molecule has 0 spiro atoms. The van der Waals surface area contributed by atoms with E-state index in [0.29, 0.717) is 5.56 Å². The third kappa shape index (κ3) is 3.76. The van der Waals surface area contributed by atoms with Crippen LogP contribution < -0.4 is 5.73 Å². The van der Waals surface area contributed by atoms with Gasteiger partial charge in [0.25, 0.3) is 20.2 Å². The minimum Gasteiger partial charge on any atom is -0.478 e. The molecule has 0 heterocycles. The maximum Gasteiger partial charge on any atom is 0.335 e. The molecule has 0 fully saturated rings. The van der Waals surface area contributed by atoms with Crippen LogP contribution in [0.25, 0.3) is 0 Å². The Morgan fingerprint density at radius 2 is 1.67 bits per heavy atom. The number of nitrogens with two attached hydrogens (primary N) is 1. The second-order valence-electron chi connectivity index (χ2n) is 7.70. The van der Waals surface area contributed by atoms with Gasteiger partial charge in [-0.1, -0.05) is 30.3 Å². The highest BCUT2D eigenvalue weighted by Crippen LogP contribution is 2.50. The van der Waals surface area contributed by atoms with Crippen LogP contribution in [0.3, 0.4) is 0 Å². The molecule has 33 heavy (non-hydrogen) atoms. The summed E-state index contributed by atoms with van der Waals surface area (Å²) in [6.07, 6.45) is 2.36. The molecule has 0 saturated carbocycles. The first-order valence-corrected chi connectivity index (χ1v) is 12.4. The Hall–Kier alpha value is -3.32. The first kappa shape index (κ1) is 22.9. The number of anilines is 1. The van der Waals surface area contributed by atoms with E-state index in [-0.39, 0.29) is 34.4 Å². The van der Waals surface area contributed by atoms with Crippen LogP contribution in [0.15, 0.2) is 63.9 Å². The normalized spacial score (nSPS) is 20.4. The van der Waals surface area contributed by atoms with Gasteiger partial charge in [0, 0.05) is 11.8 Å². The average Bonchev–Trinajstić information content (AvgIpc) is 2.69. The molecule has 0 aliphatic heterocycles. The van der Waals surface area contributed by atoms with Crippen LogP contribution in [0.5, 0.6) is 0 Å². The second-order valence-corrected chi connectivity index (χ2v) is 10.4. The van der Waals surface area contributed by atoms with Gasteiger partial charge in [-0.15, -0.1) is 0 Å². The van der Waals surface area contributed by atoms with Crippen LogP contribution in [-0.2, 0) is 26.7 Å². The SMILES string of the molecule is N=C1C=CC2C(=C1S(=O)(=O)O)Cc1c(ccc(N)c1S(=O)(=O)O)C2c1ccccc1C(=O)O. The number of carboxylic acids is 1. The summed E-state index contributed by atoms with van der Waals surface area (Å²) in [6.45, 7) is 0. The Bertz CT molecular complexity index is 1500. The minimum atomic E-state index is -4.89. The number of allylic oxidation sites excluding steroid dienone is 4. The Morgan fingerprint density at radius 1 is 1.00 bits per heavy atom.